The molecular formula is C16H13BrClN5O. The second kappa shape index (κ2) is 7.46. The summed E-state index contributed by atoms with van der Waals surface area (Å²) < 4.78 is 0.957. The first-order valence-electron chi connectivity index (χ1n) is 7.08. The predicted octanol–water partition coefficient (Wildman–Crippen LogP) is 3.89. The van der Waals surface area contributed by atoms with Gasteiger partial charge in [-0.25, -0.2) is 0 Å². The van der Waals surface area contributed by atoms with E-state index in [4.69, 9.17) is 11.6 Å². The molecule has 0 saturated heterocycles. The van der Waals surface area contributed by atoms with Crippen molar-refractivity contribution in [3.8, 4) is 0 Å². The maximum atomic E-state index is 12.3. The fourth-order valence-electron chi connectivity index (χ4n) is 2.09. The van der Waals surface area contributed by atoms with Crippen LogP contribution in [0.15, 0.2) is 53.0 Å². The highest BCUT2D eigenvalue weighted by molar-refractivity contribution is 9.10. The Morgan fingerprint density at radius 1 is 1.17 bits per heavy atom. The Bertz CT molecular complexity index is 867. The minimum atomic E-state index is -0.326. The van der Waals surface area contributed by atoms with Gasteiger partial charge in [-0.2, -0.15) is 5.21 Å². The third-order valence-electron chi connectivity index (χ3n) is 3.19. The van der Waals surface area contributed by atoms with E-state index in [9.17, 15) is 4.79 Å². The summed E-state index contributed by atoms with van der Waals surface area (Å²) in [6, 6.07) is 14.8. The molecule has 0 aliphatic heterocycles. The standard InChI is InChI=1S/C16H13BrClN5O/c17-11-4-1-3-10(7-11)9-19-16(24)14-15(22-23-21-14)20-13-6-2-5-12(18)8-13/h1-8H,9H2,(H,19,24)(H2,20,21,22,23). The van der Waals surface area contributed by atoms with Crippen LogP contribution in [0, 0.1) is 0 Å². The molecule has 0 bridgehead atoms. The molecule has 3 rings (SSSR count). The Balaban J connectivity index is 1.69. The highest BCUT2D eigenvalue weighted by Crippen LogP contribution is 2.20. The fraction of sp³-hybridized carbons (Fsp3) is 0.0625. The van der Waals surface area contributed by atoms with Gasteiger partial charge in [0.05, 0.1) is 0 Å². The Kier molecular flexibility index (Phi) is 5.12. The Hall–Kier alpha value is -2.38. The normalized spacial score (nSPS) is 10.4. The van der Waals surface area contributed by atoms with Crippen LogP contribution in [0.1, 0.15) is 16.1 Å². The van der Waals surface area contributed by atoms with Crippen LogP contribution < -0.4 is 10.6 Å². The number of hydrogen-bond donors (Lipinski definition) is 3. The molecule has 8 heteroatoms. The van der Waals surface area contributed by atoms with E-state index in [2.05, 4.69) is 42.0 Å². The van der Waals surface area contributed by atoms with Crippen LogP contribution >= 0.6 is 27.5 Å². The second-order valence-electron chi connectivity index (χ2n) is 4.97. The highest BCUT2D eigenvalue weighted by atomic mass is 79.9. The summed E-state index contributed by atoms with van der Waals surface area (Å²) in [7, 11) is 0. The summed E-state index contributed by atoms with van der Waals surface area (Å²) in [5, 5.41) is 16.8. The molecule has 3 aromatic rings. The van der Waals surface area contributed by atoms with Gasteiger partial charge < -0.3 is 10.6 Å². The summed E-state index contributed by atoms with van der Waals surface area (Å²) >= 11 is 9.35. The van der Waals surface area contributed by atoms with Crippen LogP contribution in [0.25, 0.3) is 0 Å². The minimum absolute atomic E-state index is 0.185. The quantitative estimate of drug-likeness (QED) is 0.600. The number of amides is 1. The van der Waals surface area contributed by atoms with Gasteiger partial charge in [0.2, 0.25) is 0 Å². The lowest BCUT2D eigenvalue weighted by atomic mass is 10.2. The third kappa shape index (κ3) is 4.12. The molecule has 122 valence electrons. The van der Waals surface area contributed by atoms with Crippen molar-refractivity contribution in [2.24, 2.45) is 0 Å². The zero-order valence-corrected chi connectivity index (χ0v) is 14.7. The number of nitrogens with one attached hydrogen (secondary N) is 3. The number of nitrogens with zero attached hydrogens (tertiary/aromatic N) is 2. The molecule has 0 aliphatic carbocycles. The van der Waals surface area contributed by atoms with Crippen molar-refractivity contribution in [2.75, 3.05) is 5.32 Å². The van der Waals surface area contributed by atoms with Crippen molar-refractivity contribution < 1.29 is 4.79 Å². The molecule has 2 aromatic carbocycles. The number of carbonyl (C=O) groups is 1. The van der Waals surface area contributed by atoms with E-state index >= 15 is 0 Å². The molecule has 0 spiro atoms. The van der Waals surface area contributed by atoms with Gasteiger partial charge in [0.15, 0.2) is 11.5 Å². The van der Waals surface area contributed by atoms with E-state index in [0.29, 0.717) is 17.4 Å². The Morgan fingerprint density at radius 3 is 2.79 bits per heavy atom. The molecule has 24 heavy (non-hydrogen) atoms. The van der Waals surface area contributed by atoms with Gasteiger partial charge in [-0.05, 0) is 35.9 Å². The summed E-state index contributed by atoms with van der Waals surface area (Å²) in [6.45, 7) is 0.391. The number of aromatic amines is 1. The number of rotatable bonds is 5. The smallest absolute Gasteiger partial charge is 0.275 e. The van der Waals surface area contributed by atoms with E-state index < -0.39 is 0 Å². The van der Waals surface area contributed by atoms with Crippen LogP contribution in [0.5, 0.6) is 0 Å². The van der Waals surface area contributed by atoms with Crippen LogP contribution in [0.3, 0.4) is 0 Å². The first-order chi connectivity index (χ1) is 11.6. The topological polar surface area (TPSA) is 82.7 Å². The van der Waals surface area contributed by atoms with E-state index in [0.717, 1.165) is 15.7 Å². The predicted molar refractivity (Wildman–Crippen MR) is 96.4 cm³/mol. The molecule has 3 N–H and O–H groups in total. The first-order valence-corrected chi connectivity index (χ1v) is 8.25. The number of aromatic nitrogens is 3. The molecule has 1 aromatic heterocycles. The lowest BCUT2D eigenvalue weighted by Crippen LogP contribution is -2.24. The van der Waals surface area contributed by atoms with Crippen LogP contribution in [-0.2, 0) is 6.54 Å². The fourth-order valence-corrected chi connectivity index (χ4v) is 2.73. The van der Waals surface area contributed by atoms with Crippen molar-refractivity contribution >= 4 is 44.9 Å². The van der Waals surface area contributed by atoms with E-state index in [1.165, 1.54) is 0 Å². The van der Waals surface area contributed by atoms with Crippen molar-refractivity contribution in [3.63, 3.8) is 0 Å². The average Bonchev–Trinajstić information content (AvgIpc) is 3.01. The lowest BCUT2D eigenvalue weighted by molar-refractivity contribution is 0.0946. The molecule has 0 radical (unpaired) electrons. The van der Waals surface area contributed by atoms with Gasteiger partial charge >= 0.3 is 0 Å². The van der Waals surface area contributed by atoms with Crippen LogP contribution in [-0.4, -0.2) is 21.3 Å². The number of H-pyrrole nitrogens is 1. The zero-order valence-electron chi connectivity index (χ0n) is 12.4. The SMILES string of the molecule is O=C(NCc1cccc(Br)c1)c1n[nH]nc1Nc1cccc(Cl)c1. The number of benzene rings is 2. The van der Waals surface area contributed by atoms with Crippen LogP contribution in [0.4, 0.5) is 11.5 Å². The molecule has 0 aliphatic rings. The minimum Gasteiger partial charge on any atom is -0.346 e. The largest absolute Gasteiger partial charge is 0.346 e. The van der Waals surface area contributed by atoms with Crippen LogP contribution in [0.2, 0.25) is 5.02 Å². The first kappa shape index (κ1) is 16.5. The van der Waals surface area contributed by atoms with Crippen molar-refractivity contribution in [1.29, 1.82) is 0 Å². The highest BCUT2D eigenvalue weighted by Gasteiger charge is 2.16. The number of halogens is 2. The van der Waals surface area contributed by atoms with Gasteiger partial charge in [-0.1, -0.05) is 45.7 Å². The maximum Gasteiger partial charge on any atom is 0.275 e. The Labute approximate surface area is 151 Å². The van der Waals surface area contributed by atoms with Gasteiger partial charge in [-0.15, -0.1) is 10.2 Å². The van der Waals surface area contributed by atoms with Gasteiger partial charge in [-0.3, -0.25) is 4.79 Å². The van der Waals surface area contributed by atoms with Crippen molar-refractivity contribution in [3.05, 3.63) is 69.3 Å². The molecule has 0 atom stereocenters. The lowest BCUT2D eigenvalue weighted by Gasteiger charge is -2.07. The van der Waals surface area contributed by atoms with E-state index in [-0.39, 0.29) is 11.6 Å². The Morgan fingerprint density at radius 2 is 2.00 bits per heavy atom. The number of hydrogen-bond acceptors (Lipinski definition) is 4. The van der Waals surface area contributed by atoms with Crippen molar-refractivity contribution in [1.82, 2.24) is 20.7 Å². The molecule has 6 nitrogen and oxygen atoms in total. The zero-order chi connectivity index (χ0) is 16.9. The average molecular weight is 407 g/mol. The molecule has 0 fully saturated rings. The molecule has 1 heterocycles. The molecular weight excluding hydrogens is 394 g/mol. The molecule has 0 unspecified atom stereocenters. The molecule has 0 saturated carbocycles. The second-order valence-corrected chi connectivity index (χ2v) is 6.32. The number of anilines is 2. The van der Waals surface area contributed by atoms with Gasteiger partial charge in [0.25, 0.3) is 5.91 Å². The van der Waals surface area contributed by atoms with Gasteiger partial charge in [0, 0.05) is 21.7 Å². The monoisotopic (exact) mass is 405 g/mol. The summed E-state index contributed by atoms with van der Waals surface area (Å²) in [5.74, 6) is 0.0114. The summed E-state index contributed by atoms with van der Waals surface area (Å²) in [4.78, 5) is 12.3. The van der Waals surface area contributed by atoms with Gasteiger partial charge in [0.1, 0.15) is 0 Å². The maximum absolute atomic E-state index is 12.3. The summed E-state index contributed by atoms with van der Waals surface area (Å²) in [5.41, 5.74) is 1.88. The van der Waals surface area contributed by atoms with E-state index in [1.54, 1.807) is 18.2 Å². The third-order valence-corrected chi connectivity index (χ3v) is 3.92. The van der Waals surface area contributed by atoms with Crippen molar-refractivity contribution in [2.45, 2.75) is 6.54 Å². The summed E-state index contributed by atoms with van der Waals surface area (Å²) in [6.07, 6.45) is 0. The van der Waals surface area contributed by atoms with E-state index in [1.807, 2.05) is 30.3 Å². The number of carbonyl (C=O) groups excluding carboxylic acids is 1. The molecule has 1 amide bonds.